The quantitative estimate of drug-likeness (QED) is 0.441. The number of anilines is 1. The fourth-order valence-corrected chi connectivity index (χ4v) is 4.50. The van der Waals surface area contributed by atoms with Crippen LogP contribution in [0.4, 0.5) is 5.69 Å². The summed E-state index contributed by atoms with van der Waals surface area (Å²) in [6, 6.07) is 12.2. The number of ether oxygens (including phenoxy) is 1. The Hall–Kier alpha value is -2.95. The molecule has 2 amide bonds. The first-order chi connectivity index (χ1) is 13.9. The van der Waals surface area contributed by atoms with Crippen LogP contribution in [-0.2, 0) is 9.59 Å². The van der Waals surface area contributed by atoms with Gasteiger partial charge >= 0.3 is 5.97 Å². The van der Waals surface area contributed by atoms with E-state index < -0.39 is 5.97 Å². The van der Waals surface area contributed by atoms with Crippen LogP contribution in [0, 0.1) is 31.6 Å². The summed E-state index contributed by atoms with van der Waals surface area (Å²) < 4.78 is 5.57. The van der Waals surface area contributed by atoms with Gasteiger partial charge in [-0.25, -0.2) is 4.79 Å². The monoisotopic (exact) mass is 391 g/mol. The zero-order valence-corrected chi connectivity index (χ0v) is 17.0. The number of carbonyl (C=O) groups excluding carboxylic acids is 3. The molecule has 0 bridgehead atoms. The lowest BCUT2D eigenvalue weighted by molar-refractivity contribution is -0.122. The van der Waals surface area contributed by atoms with Crippen LogP contribution in [0.3, 0.4) is 0 Å². The summed E-state index contributed by atoms with van der Waals surface area (Å²) in [7, 11) is 0. The Labute approximate surface area is 170 Å². The van der Waals surface area contributed by atoms with Crippen LogP contribution in [0.25, 0.3) is 0 Å². The Balaban J connectivity index is 1.53. The molecule has 2 fully saturated rings. The minimum Gasteiger partial charge on any atom is -0.422 e. The molecule has 1 aliphatic carbocycles. The smallest absolute Gasteiger partial charge is 0.343 e. The van der Waals surface area contributed by atoms with E-state index in [-0.39, 0.29) is 23.7 Å². The maximum atomic E-state index is 12.8. The molecule has 5 heteroatoms. The third-order valence-corrected chi connectivity index (χ3v) is 6.15. The molecule has 2 aromatic carbocycles. The van der Waals surface area contributed by atoms with E-state index in [1.807, 2.05) is 32.0 Å². The molecule has 1 aliphatic heterocycles. The van der Waals surface area contributed by atoms with Crippen LogP contribution < -0.4 is 9.64 Å². The number of benzene rings is 2. The van der Waals surface area contributed by atoms with Crippen LogP contribution in [0.5, 0.6) is 5.75 Å². The number of aryl methyl sites for hydroxylation is 2. The lowest BCUT2D eigenvalue weighted by atomic mass is 9.76. The highest BCUT2D eigenvalue weighted by Gasteiger charge is 2.49. The van der Waals surface area contributed by atoms with Crippen molar-refractivity contribution >= 4 is 23.5 Å². The van der Waals surface area contributed by atoms with Crippen molar-refractivity contribution in [3.63, 3.8) is 0 Å². The Morgan fingerprint density at radius 3 is 2.21 bits per heavy atom. The van der Waals surface area contributed by atoms with Crippen molar-refractivity contribution in [2.24, 2.45) is 17.8 Å². The lowest BCUT2D eigenvalue weighted by Crippen LogP contribution is -2.30. The van der Waals surface area contributed by atoms with Gasteiger partial charge in [0.15, 0.2) is 0 Å². The van der Waals surface area contributed by atoms with Crippen LogP contribution in [0.1, 0.15) is 47.7 Å². The number of amides is 2. The van der Waals surface area contributed by atoms with Gasteiger partial charge in [0.25, 0.3) is 0 Å². The topological polar surface area (TPSA) is 63.7 Å². The molecule has 1 saturated carbocycles. The standard InChI is InChI=1S/C24H25NO4/c1-14-7-12-19-20(13-14)23(27)25(22(19)26)18-10-8-17(9-11-18)24(28)29-21-15(2)5-4-6-16(21)3/h4-6,8-11,14,19-20H,7,12-13H2,1-3H3/t14-,19-,20-/m0/s1. The molecule has 0 N–H and O–H groups in total. The molecule has 0 unspecified atom stereocenters. The molecule has 29 heavy (non-hydrogen) atoms. The molecule has 150 valence electrons. The van der Waals surface area contributed by atoms with Crippen molar-refractivity contribution in [2.45, 2.75) is 40.0 Å². The van der Waals surface area contributed by atoms with Gasteiger partial charge in [-0.1, -0.05) is 25.1 Å². The van der Waals surface area contributed by atoms with E-state index in [4.69, 9.17) is 4.74 Å². The summed E-state index contributed by atoms with van der Waals surface area (Å²) in [4.78, 5) is 39.5. The van der Waals surface area contributed by atoms with Crippen LogP contribution in [-0.4, -0.2) is 17.8 Å². The zero-order valence-electron chi connectivity index (χ0n) is 17.0. The van der Waals surface area contributed by atoms with E-state index >= 15 is 0 Å². The Morgan fingerprint density at radius 1 is 0.931 bits per heavy atom. The van der Waals surface area contributed by atoms with Crippen molar-refractivity contribution in [3.05, 3.63) is 59.2 Å². The largest absolute Gasteiger partial charge is 0.422 e. The van der Waals surface area contributed by atoms with Gasteiger partial charge < -0.3 is 4.74 Å². The van der Waals surface area contributed by atoms with E-state index in [2.05, 4.69) is 6.92 Å². The maximum absolute atomic E-state index is 12.8. The summed E-state index contributed by atoms with van der Waals surface area (Å²) in [6.45, 7) is 5.92. The minimum absolute atomic E-state index is 0.113. The third kappa shape index (κ3) is 3.46. The van der Waals surface area contributed by atoms with Gasteiger partial charge in [-0.15, -0.1) is 0 Å². The fraction of sp³-hybridized carbons (Fsp3) is 0.375. The summed E-state index contributed by atoms with van der Waals surface area (Å²) in [5.74, 6) is -0.0716. The van der Waals surface area contributed by atoms with Gasteiger partial charge in [-0.2, -0.15) is 0 Å². The predicted molar refractivity (Wildman–Crippen MR) is 110 cm³/mol. The molecular weight excluding hydrogens is 366 g/mol. The second-order valence-electron chi connectivity index (χ2n) is 8.30. The number of rotatable bonds is 3. The lowest BCUT2D eigenvalue weighted by Gasteiger charge is -2.25. The van der Waals surface area contributed by atoms with Gasteiger partial charge in [-0.3, -0.25) is 14.5 Å². The Kier molecular flexibility index (Phi) is 4.99. The molecule has 3 atom stereocenters. The number of carbonyl (C=O) groups is 3. The van der Waals surface area contributed by atoms with E-state index in [0.29, 0.717) is 22.9 Å². The van der Waals surface area contributed by atoms with Crippen molar-refractivity contribution in [1.29, 1.82) is 0 Å². The normalized spacial score (nSPS) is 23.8. The Bertz CT molecular complexity index is 959. The van der Waals surface area contributed by atoms with Crippen molar-refractivity contribution in [1.82, 2.24) is 0 Å². The second kappa shape index (κ2) is 7.47. The first kappa shape index (κ1) is 19.4. The molecule has 0 spiro atoms. The van der Waals surface area contributed by atoms with Gasteiger partial charge in [0.05, 0.1) is 23.1 Å². The van der Waals surface area contributed by atoms with Gasteiger partial charge in [0.1, 0.15) is 5.75 Å². The molecular formula is C24H25NO4. The predicted octanol–water partition coefficient (Wildman–Crippen LogP) is 4.45. The average molecular weight is 391 g/mol. The number of fused-ring (bicyclic) bond motifs is 1. The number of hydrogen-bond acceptors (Lipinski definition) is 4. The molecule has 0 aromatic heterocycles. The third-order valence-electron chi connectivity index (χ3n) is 6.15. The summed E-state index contributed by atoms with van der Waals surface area (Å²) in [6.07, 6.45) is 2.52. The first-order valence-electron chi connectivity index (χ1n) is 10.1. The van der Waals surface area contributed by atoms with E-state index in [9.17, 15) is 14.4 Å². The fourth-order valence-electron chi connectivity index (χ4n) is 4.50. The van der Waals surface area contributed by atoms with Gasteiger partial charge in [0, 0.05) is 0 Å². The Morgan fingerprint density at radius 2 is 1.55 bits per heavy atom. The first-order valence-corrected chi connectivity index (χ1v) is 10.1. The van der Waals surface area contributed by atoms with E-state index in [1.165, 1.54) is 4.90 Å². The SMILES string of the molecule is Cc1cccc(C)c1OC(=O)c1ccc(N2C(=O)[C@H]3CC[C@H](C)C[C@@H]3C2=O)cc1. The van der Waals surface area contributed by atoms with Crippen LogP contribution >= 0.6 is 0 Å². The van der Waals surface area contributed by atoms with Gasteiger partial charge in [-0.05, 0) is 74.4 Å². The highest BCUT2D eigenvalue weighted by atomic mass is 16.5. The number of hydrogen-bond donors (Lipinski definition) is 0. The highest BCUT2D eigenvalue weighted by molar-refractivity contribution is 6.22. The van der Waals surface area contributed by atoms with Crippen molar-refractivity contribution in [2.75, 3.05) is 4.90 Å². The summed E-state index contributed by atoms with van der Waals surface area (Å²) >= 11 is 0. The summed E-state index contributed by atoms with van der Waals surface area (Å²) in [5, 5.41) is 0. The van der Waals surface area contributed by atoms with Crippen LogP contribution in [0.15, 0.2) is 42.5 Å². The molecule has 1 heterocycles. The molecule has 0 radical (unpaired) electrons. The van der Waals surface area contributed by atoms with Crippen molar-refractivity contribution < 1.29 is 19.1 Å². The summed E-state index contributed by atoms with van der Waals surface area (Å²) in [5.41, 5.74) is 2.67. The van der Waals surface area contributed by atoms with Gasteiger partial charge in [0.2, 0.25) is 11.8 Å². The average Bonchev–Trinajstić information content (AvgIpc) is 2.94. The number of esters is 1. The number of imide groups is 1. The molecule has 2 aliphatic rings. The van der Waals surface area contributed by atoms with Crippen LogP contribution in [0.2, 0.25) is 0 Å². The number of nitrogens with zero attached hydrogens (tertiary/aromatic N) is 1. The molecule has 2 aromatic rings. The van der Waals surface area contributed by atoms with E-state index in [0.717, 1.165) is 30.4 Å². The highest BCUT2D eigenvalue weighted by Crippen LogP contribution is 2.42. The number of para-hydroxylation sites is 1. The molecule has 5 nitrogen and oxygen atoms in total. The van der Waals surface area contributed by atoms with E-state index in [1.54, 1.807) is 24.3 Å². The molecule has 1 saturated heterocycles. The second-order valence-corrected chi connectivity index (χ2v) is 8.30. The minimum atomic E-state index is -0.462. The maximum Gasteiger partial charge on any atom is 0.343 e. The molecule has 4 rings (SSSR count). The zero-order chi connectivity index (χ0) is 20.7. The van der Waals surface area contributed by atoms with Crippen molar-refractivity contribution in [3.8, 4) is 5.75 Å².